The molecule has 0 saturated carbocycles. The summed E-state index contributed by atoms with van der Waals surface area (Å²) in [5.41, 5.74) is 1.25. The molecule has 2 aromatic heterocycles. The lowest BCUT2D eigenvalue weighted by molar-refractivity contribution is 0.412. The zero-order valence-corrected chi connectivity index (χ0v) is 11.6. The van der Waals surface area contributed by atoms with Gasteiger partial charge in [0.25, 0.3) is 0 Å². The van der Waals surface area contributed by atoms with Crippen molar-refractivity contribution in [1.29, 1.82) is 0 Å². The molecule has 1 fully saturated rings. The molecule has 0 spiro atoms. The summed E-state index contributed by atoms with van der Waals surface area (Å²) in [5, 5.41) is 3.62. The van der Waals surface area contributed by atoms with Gasteiger partial charge in [-0.2, -0.15) is 0 Å². The van der Waals surface area contributed by atoms with Gasteiger partial charge in [0, 0.05) is 44.3 Å². The molecule has 2 aromatic rings. The number of hydrogen-bond donors (Lipinski definition) is 1. The van der Waals surface area contributed by atoms with Crippen molar-refractivity contribution in [2.45, 2.75) is 25.4 Å². The lowest BCUT2D eigenvalue weighted by atomic mass is 10.0. The van der Waals surface area contributed by atoms with Gasteiger partial charge in [-0.1, -0.05) is 12.1 Å². The lowest BCUT2D eigenvalue weighted by Crippen LogP contribution is -2.42. The number of hydrogen-bond acceptors (Lipinski definition) is 4. The molecule has 0 aliphatic carbocycles. The average Bonchev–Trinajstić information content (AvgIpc) is 2.55. The molecule has 0 atom stereocenters. The van der Waals surface area contributed by atoms with Crippen LogP contribution >= 0.6 is 0 Å². The summed E-state index contributed by atoms with van der Waals surface area (Å²) in [4.78, 5) is 10.9. The molecule has 1 N–H and O–H groups in total. The maximum atomic E-state index is 4.42. The molecule has 0 radical (unpaired) electrons. The Labute approximate surface area is 119 Å². The fourth-order valence-electron chi connectivity index (χ4n) is 2.62. The summed E-state index contributed by atoms with van der Waals surface area (Å²) in [5.74, 6) is 1.10. The normalized spacial score (nSPS) is 16.3. The van der Waals surface area contributed by atoms with E-state index in [4.69, 9.17) is 0 Å². The maximum absolute atomic E-state index is 4.42. The Balaban J connectivity index is 1.47. The van der Waals surface area contributed by atoms with Crippen LogP contribution in [0.2, 0.25) is 0 Å². The Kier molecular flexibility index (Phi) is 4.23. The first-order chi connectivity index (χ1) is 9.92. The second kappa shape index (κ2) is 6.48. The number of rotatable bonds is 4. The number of nitrogens with zero attached hydrogens (tertiary/aromatic N) is 3. The van der Waals surface area contributed by atoms with Gasteiger partial charge < -0.3 is 10.2 Å². The average molecular weight is 268 g/mol. The second-order valence-electron chi connectivity index (χ2n) is 5.19. The molecule has 20 heavy (non-hydrogen) atoms. The molecule has 0 unspecified atom stereocenters. The Morgan fingerprint density at radius 2 is 2.00 bits per heavy atom. The molecule has 0 bridgehead atoms. The number of nitrogens with one attached hydrogen (secondary N) is 1. The smallest absolute Gasteiger partial charge is 0.128 e. The highest BCUT2D eigenvalue weighted by Crippen LogP contribution is 2.17. The van der Waals surface area contributed by atoms with E-state index < -0.39 is 0 Å². The number of pyridine rings is 2. The zero-order valence-electron chi connectivity index (χ0n) is 11.6. The topological polar surface area (TPSA) is 41.0 Å². The van der Waals surface area contributed by atoms with E-state index in [1.807, 2.05) is 30.7 Å². The van der Waals surface area contributed by atoms with Crippen LogP contribution in [-0.4, -0.2) is 29.1 Å². The quantitative estimate of drug-likeness (QED) is 0.923. The van der Waals surface area contributed by atoms with Crippen molar-refractivity contribution in [1.82, 2.24) is 15.3 Å². The third-order valence-electron chi connectivity index (χ3n) is 3.79. The van der Waals surface area contributed by atoms with E-state index in [1.54, 1.807) is 0 Å². The summed E-state index contributed by atoms with van der Waals surface area (Å²) in [6.45, 7) is 3.05. The van der Waals surface area contributed by atoms with Crippen molar-refractivity contribution in [2.24, 2.45) is 0 Å². The second-order valence-corrected chi connectivity index (χ2v) is 5.19. The fourth-order valence-corrected chi connectivity index (χ4v) is 2.62. The van der Waals surface area contributed by atoms with Crippen LogP contribution in [0.15, 0.2) is 48.9 Å². The Morgan fingerprint density at radius 3 is 2.70 bits per heavy atom. The number of piperidine rings is 1. The monoisotopic (exact) mass is 268 g/mol. The summed E-state index contributed by atoms with van der Waals surface area (Å²) >= 11 is 0. The van der Waals surface area contributed by atoms with Gasteiger partial charge in [0.15, 0.2) is 0 Å². The van der Waals surface area contributed by atoms with E-state index in [9.17, 15) is 0 Å². The molecule has 104 valence electrons. The van der Waals surface area contributed by atoms with Crippen LogP contribution in [0.1, 0.15) is 18.4 Å². The number of aromatic nitrogens is 2. The standard InChI is InChI=1S/C16H20N4/c1-2-9-18-16(5-1)20-10-6-15(7-11-20)19-13-14-4-3-8-17-12-14/h1-5,8-9,12,15,19H,6-7,10-11,13H2. The van der Waals surface area contributed by atoms with Gasteiger partial charge in [-0.05, 0) is 36.6 Å². The SMILES string of the molecule is c1ccc(N2CCC(NCc3cccnc3)CC2)nc1. The fraction of sp³-hybridized carbons (Fsp3) is 0.375. The maximum Gasteiger partial charge on any atom is 0.128 e. The molecular weight excluding hydrogens is 248 g/mol. The first-order valence-corrected chi connectivity index (χ1v) is 7.20. The molecule has 0 amide bonds. The molecule has 4 nitrogen and oxygen atoms in total. The molecule has 1 saturated heterocycles. The van der Waals surface area contributed by atoms with Crippen molar-refractivity contribution in [3.8, 4) is 0 Å². The number of anilines is 1. The highest BCUT2D eigenvalue weighted by atomic mass is 15.2. The molecule has 4 heteroatoms. The highest BCUT2D eigenvalue weighted by molar-refractivity contribution is 5.38. The molecule has 0 aromatic carbocycles. The van der Waals surface area contributed by atoms with Crippen LogP contribution in [0.5, 0.6) is 0 Å². The van der Waals surface area contributed by atoms with E-state index in [0.717, 1.165) is 38.3 Å². The van der Waals surface area contributed by atoms with E-state index in [2.05, 4.69) is 38.4 Å². The summed E-state index contributed by atoms with van der Waals surface area (Å²) in [6, 6.07) is 10.8. The first-order valence-electron chi connectivity index (χ1n) is 7.20. The van der Waals surface area contributed by atoms with Crippen molar-refractivity contribution in [3.63, 3.8) is 0 Å². The van der Waals surface area contributed by atoms with Crippen molar-refractivity contribution in [3.05, 3.63) is 54.5 Å². The van der Waals surface area contributed by atoms with Crippen molar-refractivity contribution < 1.29 is 0 Å². The van der Waals surface area contributed by atoms with Crippen LogP contribution in [-0.2, 0) is 6.54 Å². The Hall–Kier alpha value is -1.94. The van der Waals surface area contributed by atoms with E-state index in [-0.39, 0.29) is 0 Å². The predicted octanol–water partition coefficient (Wildman–Crippen LogP) is 2.24. The third-order valence-corrected chi connectivity index (χ3v) is 3.79. The third kappa shape index (κ3) is 3.33. The van der Waals surface area contributed by atoms with E-state index in [0.29, 0.717) is 6.04 Å². The minimum Gasteiger partial charge on any atom is -0.357 e. The molecule has 3 heterocycles. The minimum absolute atomic E-state index is 0.593. The first kappa shape index (κ1) is 13.1. The van der Waals surface area contributed by atoms with Crippen LogP contribution in [0.25, 0.3) is 0 Å². The minimum atomic E-state index is 0.593. The summed E-state index contributed by atoms with van der Waals surface area (Å²) < 4.78 is 0. The Morgan fingerprint density at radius 1 is 1.10 bits per heavy atom. The summed E-state index contributed by atoms with van der Waals surface area (Å²) in [6.07, 6.45) is 7.93. The van der Waals surface area contributed by atoms with Gasteiger partial charge >= 0.3 is 0 Å². The van der Waals surface area contributed by atoms with Gasteiger partial charge in [0.2, 0.25) is 0 Å². The molecule has 3 rings (SSSR count). The van der Waals surface area contributed by atoms with Gasteiger partial charge in [0.1, 0.15) is 5.82 Å². The van der Waals surface area contributed by atoms with Crippen LogP contribution in [0, 0.1) is 0 Å². The largest absolute Gasteiger partial charge is 0.357 e. The zero-order chi connectivity index (χ0) is 13.6. The van der Waals surface area contributed by atoms with E-state index >= 15 is 0 Å². The Bertz CT molecular complexity index is 507. The van der Waals surface area contributed by atoms with Crippen LogP contribution < -0.4 is 10.2 Å². The van der Waals surface area contributed by atoms with Gasteiger partial charge in [-0.15, -0.1) is 0 Å². The molecule has 1 aliphatic heterocycles. The molecular formula is C16H20N4. The van der Waals surface area contributed by atoms with Crippen molar-refractivity contribution in [2.75, 3.05) is 18.0 Å². The lowest BCUT2D eigenvalue weighted by Gasteiger charge is -2.33. The molecule has 1 aliphatic rings. The predicted molar refractivity (Wildman–Crippen MR) is 80.5 cm³/mol. The van der Waals surface area contributed by atoms with Gasteiger partial charge in [-0.25, -0.2) is 4.98 Å². The van der Waals surface area contributed by atoms with Crippen LogP contribution in [0.3, 0.4) is 0 Å². The van der Waals surface area contributed by atoms with Crippen LogP contribution in [0.4, 0.5) is 5.82 Å². The van der Waals surface area contributed by atoms with Gasteiger partial charge in [-0.3, -0.25) is 4.98 Å². The van der Waals surface area contributed by atoms with Crippen molar-refractivity contribution >= 4 is 5.82 Å². The summed E-state index contributed by atoms with van der Waals surface area (Å²) in [7, 11) is 0. The van der Waals surface area contributed by atoms with E-state index in [1.165, 1.54) is 5.56 Å². The highest BCUT2D eigenvalue weighted by Gasteiger charge is 2.19. The van der Waals surface area contributed by atoms with Gasteiger partial charge in [0.05, 0.1) is 0 Å².